The first-order valence-corrected chi connectivity index (χ1v) is 14.6. The lowest BCUT2D eigenvalue weighted by Gasteiger charge is -2.27. The first-order chi connectivity index (χ1) is 19.1. The number of benzene rings is 1. The third-order valence-electron chi connectivity index (χ3n) is 6.31. The molecule has 0 spiro atoms. The number of alkyl halides is 6. The van der Waals surface area contributed by atoms with Gasteiger partial charge in [-0.05, 0) is 61.7 Å². The molecule has 0 bridgehead atoms. The van der Waals surface area contributed by atoms with Crippen LogP contribution in [0.15, 0.2) is 70.2 Å². The highest BCUT2D eigenvalue weighted by Crippen LogP contribution is 2.41. The van der Waals surface area contributed by atoms with E-state index in [-0.39, 0.29) is 31.2 Å². The maximum Gasteiger partial charge on any atom is 0.416 e. The summed E-state index contributed by atoms with van der Waals surface area (Å²) >= 11 is 0. The number of rotatable bonds is 10. The van der Waals surface area contributed by atoms with E-state index in [0.29, 0.717) is 5.92 Å². The highest BCUT2D eigenvalue weighted by Gasteiger charge is 2.36. The Bertz CT molecular complexity index is 1210. The number of allylic oxidation sites excluding steroid dienone is 5. The number of hydrogen-bond acceptors (Lipinski definition) is 3. The SMILES string of the molecule is C/C=C(\C=C/C(C)C(F)(F)F)C(=O)Nc1ccc(C(F)(F)F)c(C(C)NC2C=NC(=C/CC)/C(=C/CC(C)C)P2)c1. The molecule has 11 heteroatoms. The van der Waals surface area contributed by atoms with Crippen molar-refractivity contribution in [1.82, 2.24) is 5.32 Å². The van der Waals surface area contributed by atoms with E-state index in [1.54, 1.807) is 13.1 Å². The molecule has 4 nitrogen and oxygen atoms in total. The second kappa shape index (κ2) is 15.0. The molecule has 2 N–H and O–H groups in total. The smallest absolute Gasteiger partial charge is 0.322 e. The number of amides is 1. The number of carbonyl (C=O) groups excluding carboxylic acids is 1. The summed E-state index contributed by atoms with van der Waals surface area (Å²) < 4.78 is 80.3. The third kappa shape index (κ3) is 10.6. The highest BCUT2D eigenvalue weighted by atomic mass is 31.1. The van der Waals surface area contributed by atoms with Crippen LogP contribution in [0.1, 0.15) is 71.6 Å². The lowest BCUT2D eigenvalue weighted by Crippen LogP contribution is -2.32. The van der Waals surface area contributed by atoms with Gasteiger partial charge in [0.15, 0.2) is 0 Å². The number of aliphatic imine (C=N–C) groups is 1. The second-order valence-corrected chi connectivity index (χ2v) is 11.7. The van der Waals surface area contributed by atoms with Crippen LogP contribution in [0.25, 0.3) is 0 Å². The molecule has 1 aliphatic rings. The van der Waals surface area contributed by atoms with Gasteiger partial charge in [-0.25, -0.2) is 0 Å². The van der Waals surface area contributed by atoms with Gasteiger partial charge >= 0.3 is 12.4 Å². The van der Waals surface area contributed by atoms with E-state index in [4.69, 9.17) is 0 Å². The number of anilines is 1. The van der Waals surface area contributed by atoms with E-state index in [9.17, 15) is 31.1 Å². The zero-order valence-electron chi connectivity index (χ0n) is 24.0. The third-order valence-corrected chi connectivity index (χ3v) is 7.70. The van der Waals surface area contributed by atoms with E-state index in [1.807, 2.05) is 13.0 Å². The van der Waals surface area contributed by atoms with Crippen molar-refractivity contribution in [2.45, 2.75) is 78.6 Å². The first kappa shape index (κ1) is 34.5. The quantitative estimate of drug-likeness (QED) is 0.122. The molecule has 4 atom stereocenters. The van der Waals surface area contributed by atoms with Crippen LogP contribution in [0.3, 0.4) is 0 Å². The van der Waals surface area contributed by atoms with Crippen LogP contribution < -0.4 is 10.6 Å². The summed E-state index contributed by atoms with van der Waals surface area (Å²) in [6, 6.07) is 2.51. The molecular formula is C30H38F6N3OP. The van der Waals surface area contributed by atoms with Crippen LogP contribution in [-0.4, -0.2) is 24.1 Å². The lowest BCUT2D eigenvalue weighted by molar-refractivity contribution is -0.156. The van der Waals surface area contributed by atoms with Gasteiger partial charge in [-0.3, -0.25) is 15.1 Å². The van der Waals surface area contributed by atoms with Crippen molar-refractivity contribution in [2.24, 2.45) is 16.8 Å². The van der Waals surface area contributed by atoms with E-state index in [2.05, 4.69) is 35.5 Å². The van der Waals surface area contributed by atoms with E-state index in [0.717, 1.165) is 55.1 Å². The summed E-state index contributed by atoms with van der Waals surface area (Å²) in [6.45, 7) is 10.3. The van der Waals surface area contributed by atoms with Crippen LogP contribution in [0.5, 0.6) is 0 Å². The van der Waals surface area contributed by atoms with Gasteiger partial charge in [0.1, 0.15) is 0 Å². The zero-order chi connectivity index (χ0) is 31.0. The van der Waals surface area contributed by atoms with Crippen molar-refractivity contribution in [1.29, 1.82) is 0 Å². The summed E-state index contributed by atoms with van der Waals surface area (Å²) in [5, 5.41) is 6.82. The maximum absolute atomic E-state index is 13.9. The van der Waals surface area contributed by atoms with Crippen LogP contribution >= 0.6 is 8.58 Å². The van der Waals surface area contributed by atoms with Crippen molar-refractivity contribution < 1.29 is 31.1 Å². The number of hydrogen-bond donors (Lipinski definition) is 2. The molecule has 0 aliphatic carbocycles. The summed E-state index contributed by atoms with van der Waals surface area (Å²) in [4.78, 5) is 17.3. The van der Waals surface area contributed by atoms with Crippen molar-refractivity contribution in [3.05, 3.63) is 76.3 Å². The lowest BCUT2D eigenvalue weighted by atomic mass is 9.99. The minimum Gasteiger partial charge on any atom is -0.322 e. The van der Waals surface area contributed by atoms with Crippen molar-refractivity contribution in [2.75, 3.05) is 5.32 Å². The average molecular weight is 602 g/mol. The van der Waals surface area contributed by atoms with Crippen molar-refractivity contribution >= 4 is 26.4 Å². The van der Waals surface area contributed by atoms with E-state index < -0.39 is 35.8 Å². The Balaban J connectivity index is 2.32. The minimum atomic E-state index is -4.64. The molecule has 0 radical (unpaired) electrons. The standard InChI is InChI=1S/C30H38F6N3OP/c1-7-9-25-26(15-10-18(3)4)41-27(17-37-25)38-20(6)23-16-22(13-14-24(23)30(34,35)36)39-28(40)21(8-2)12-11-19(5)29(31,32)33/h8-9,11-20,27,38,41H,7,10H2,1-6H3,(H,39,40)/b12-11-,21-8+,25-9+,26-15-. The fraction of sp³-hybridized carbons (Fsp3) is 0.467. The second-order valence-electron chi connectivity index (χ2n) is 10.2. The predicted octanol–water partition coefficient (Wildman–Crippen LogP) is 9.31. The molecule has 0 fully saturated rings. The Morgan fingerprint density at radius 3 is 2.34 bits per heavy atom. The molecule has 1 amide bonds. The molecule has 1 aromatic carbocycles. The largest absolute Gasteiger partial charge is 0.416 e. The van der Waals surface area contributed by atoms with Crippen LogP contribution in [0.2, 0.25) is 0 Å². The number of carbonyl (C=O) groups is 1. The summed E-state index contributed by atoms with van der Waals surface area (Å²) in [6.07, 6.45) is 1.70. The van der Waals surface area contributed by atoms with Gasteiger partial charge in [0.05, 0.1) is 23.0 Å². The van der Waals surface area contributed by atoms with Gasteiger partial charge in [-0.1, -0.05) is 66.7 Å². The number of nitrogens with zero attached hydrogens (tertiary/aromatic N) is 1. The molecule has 0 saturated heterocycles. The fourth-order valence-electron chi connectivity index (χ4n) is 3.94. The Morgan fingerprint density at radius 2 is 1.78 bits per heavy atom. The molecular weight excluding hydrogens is 563 g/mol. The summed E-state index contributed by atoms with van der Waals surface area (Å²) in [5.41, 5.74) is 0.00768. The molecule has 2 rings (SSSR count). The zero-order valence-corrected chi connectivity index (χ0v) is 25.0. The molecule has 1 aliphatic heterocycles. The highest BCUT2D eigenvalue weighted by molar-refractivity contribution is 7.45. The topological polar surface area (TPSA) is 53.5 Å². The Kier molecular flexibility index (Phi) is 12.6. The Labute approximate surface area is 239 Å². The van der Waals surface area contributed by atoms with Crippen LogP contribution in [0.4, 0.5) is 32.0 Å². The normalized spacial score (nSPS) is 20.9. The number of nitrogens with one attached hydrogen (secondary N) is 2. The predicted molar refractivity (Wildman–Crippen MR) is 156 cm³/mol. The molecule has 1 aromatic rings. The summed E-state index contributed by atoms with van der Waals surface area (Å²) in [7, 11) is 0.264. The van der Waals surface area contributed by atoms with Crippen LogP contribution in [-0.2, 0) is 11.0 Å². The van der Waals surface area contributed by atoms with E-state index >= 15 is 0 Å². The Hall–Kier alpha value is -2.71. The van der Waals surface area contributed by atoms with Crippen molar-refractivity contribution in [3.8, 4) is 0 Å². The molecule has 226 valence electrons. The van der Waals surface area contributed by atoms with Gasteiger partial charge in [0, 0.05) is 23.5 Å². The van der Waals surface area contributed by atoms with Crippen molar-refractivity contribution in [3.63, 3.8) is 0 Å². The minimum absolute atomic E-state index is 0.0509. The van der Waals surface area contributed by atoms with Gasteiger partial charge in [-0.2, -0.15) is 26.3 Å². The van der Waals surface area contributed by atoms with Gasteiger partial charge in [0.25, 0.3) is 5.91 Å². The van der Waals surface area contributed by atoms with Crippen LogP contribution in [0, 0.1) is 11.8 Å². The number of halogens is 6. The van der Waals surface area contributed by atoms with Gasteiger partial charge in [0.2, 0.25) is 0 Å². The molecule has 41 heavy (non-hydrogen) atoms. The van der Waals surface area contributed by atoms with E-state index in [1.165, 1.54) is 19.1 Å². The monoisotopic (exact) mass is 601 g/mol. The first-order valence-electron chi connectivity index (χ1n) is 13.5. The molecule has 1 heterocycles. The molecule has 0 saturated carbocycles. The maximum atomic E-state index is 13.9. The average Bonchev–Trinajstić information content (AvgIpc) is 2.87. The Morgan fingerprint density at radius 1 is 1.10 bits per heavy atom. The molecule has 4 unspecified atom stereocenters. The van der Waals surface area contributed by atoms with Gasteiger partial charge < -0.3 is 5.32 Å². The fourth-order valence-corrected chi connectivity index (χ4v) is 5.31. The van der Waals surface area contributed by atoms with Gasteiger partial charge in [-0.15, -0.1) is 0 Å². The molecule has 0 aromatic heterocycles. The summed E-state index contributed by atoms with van der Waals surface area (Å²) in [5.74, 6) is -2.34.